The summed E-state index contributed by atoms with van der Waals surface area (Å²) in [5, 5.41) is 9.12. The highest BCUT2D eigenvalue weighted by Gasteiger charge is 2.19. The van der Waals surface area contributed by atoms with Gasteiger partial charge in [0.15, 0.2) is 0 Å². The van der Waals surface area contributed by atoms with Gasteiger partial charge < -0.3 is 4.57 Å². The van der Waals surface area contributed by atoms with E-state index in [4.69, 9.17) is 5.26 Å². The Morgan fingerprint density at radius 1 is 1.24 bits per heavy atom. The first kappa shape index (κ1) is 15.6. The monoisotopic (exact) mass is 329 g/mol. The number of nitrogens with zero attached hydrogens (tertiary/aromatic N) is 5. The first-order chi connectivity index (χ1) is 12.2. The molecular weight excluding hydrogens is 310 g/mol. The summed E-state index contributed by atoms with van der Waals surface area (Å²) in [6.07, 6.45) is 4.97. The van der Waals surface area contributed by atoms with Crippen molar-refractivity contribution in [1.29, 1.82) is 5.26 Å². The van der Waals surface area contributed by atoms with Crippen molar-refractivity contribution >= 4 is 0 Å². The summed E-state index contributed by atoms with van der Waals surface area (Å²) < 4.78 is 2.15. The second kappa shape index (κ2) is 6.50. The summed E-state index contributed by atoms with van der Waals surface area (Å²) >= 11 is 0. The molecule has 3 aromatic rings. The van der Waals surface area contributed by atoms with Gasteiger partial charge in [-0.25, -0.2) is 9.97 Å². The smallest absolute Gasteiger partial charge is 0.125 e. The zero-order chi connectivity index (χ0) is 17.2. The van der Waals surface area contributed by atoms with Crippen LogP contribution in [0.2, 0.25) is 0 Å². The summed E-state index contributed by atoms with van der Waals surface area (Å²) in [5.74, 6) is 0.846. The van der Waals surface area contributed by atoms with E-state index in [2.05, 4.69) is 43.8 Å². The van der Waals surface area contributed by atoms with Crippen molar-refractivity contribution < 1.29 is 0 Å². The predicted molar refractivity (Wildman–Crippen MR) is 95.1 cm³/mol. The van der Waals surface area contributed by atoms with Gasteiger partial charge in [-0.2, -0.15) is 5.26 Å². The molecule has 124 valence electrons. The number of fused-ring (bicyclic) bond motifs is 1. The lowest BCUT2D eigenvalue weighted by molar-refractivity contribution is 0.238. The molecule has 5 nitrogen and oxygen atoms in total. The van der Waals surface area contributed by atoms with E-state index < -0.39 is 0 Å². The van der Waals surface area contributed by atoms with E-state index >= 15 is 0 Å². The average molecular weight is 329 g/mol. The first-order valence-corrected chi connectivity index (χ1v) is 8.43. The van der Waals surface area contributed by atoms with Crippen molar-refractivity contribution in [3.8, 4) is 11.8 Å². The van der Waals surface area contributed by atoms with E-state index in [1.54, 1.807) is 0 Å². The number of nitriles is 1. The molecule has 2 aromatic heterocycles. The van der Waals surface area contributed by atoms with E-state index in [9.17, 15) is 0 Å². The van der Waals surface area contributed by atoms with Crippen LogP contribution in [-0.2, 0) is 19.5 Å². The molecule has 1 aliphatic heterocycles. The van der Waals surface area contributed by atoms with Gasteiger partial charge in [0.1, 0.15) is 5.82 Å². The number of aromatic nitrogens is 3. The van der Waals surface area contributed by atoms with Crippen LogP contribution in [0, 0.1) is 18.3 Å². The van der Waals surface area contributed by atoms with Gasteiger partial charge in [-0.15, -0.1) is 0 Å². The normalized spacial score (nSPS) is 14.1. The van der Waals surface area contributed by atoms with Crippen LogP contribution in [0.1, 0.15) is 28.3 Å². The van der Waals surface area contributed by atoms with Crippen LogP contribution in [0.4, 0.5) is 0 Å². The molecule has 1 aliphatic rings. The number of rotatable bonds is 3. The number of hydrogen-bond acceptors (Lipinski definition) is 4. The maximum Gasteiger partial charge on any atom is 0.125 e. The number of hydrogen-bond donors (Lipinski definition) is 0. The molecule has 4 rings (SSSR count). The van der Waals surface area contributed by atoms with Crippen molar-refractivity contribution in [2.45, 2.75) is 26.4 Å². The molecule has 1 aromatic carbocycles. The first-order valence-electron chi connectivity index (χ1n) is 8.43. The zero-order valence-corrected chi connectivity index (χ0v) is 14.2. The molecule has 0 saturated carbocycles. The van der Waals surface area contributed by atoms with Crippen LogP contribution in [-0.4, -0.2) is 26.0 Å². The highest BCUT2D eigenvalue weighted by Crippen LogP contribution is 2.21. The SMILES string of the molecule is Cc1ncc2c(n1)CCN(Cc1cccn1-c1cccc(C#N)c1)C2. The highest BCUT2D eigenvalue weighted by molar-refractivity contribution is 5.42. The molecule has 0 unspecified atom stereocenters. The molecule has 0 fully saturated rings. The number of benzene rings is 1. The largest absolute Gasteiger partial charge is 0.320 e. The van der Waals surface area contributed by atoms with E-state index in [0.717, 1.165) is 37.6 Å². The molecule has 0 amide bonds. The van der Waals surface area contributed by atoms with Crippen LogP contribution in [0.25, 0.3) is 5.69 Å². The summed E-state index contributed by atoms with van der Waals surface area (Å²) in [6, 6.07) is 14.1. The molecular formula is C20H19N5. The Morgan fingerprint density at radius 2 is 2.16 bits per heavy atom. The lowest BCUT2D eigenvalue weighted by atomic mass is 10.1. The van der Waals surface area contributed by atoms with Crippen molar-refractivity contribution in [3.05, 3.63) is 77.1 Å². The Labute approximate surface area is 147 Å². The Morgan fingerprint density at radius 3 is 3.04 bits per heavy atom. The fraction of sp³-hybridized carbons (Fsp3) is 0.250. The fourth-order valence-electron chi connectivity index (χ4n) is 3.36. The second-order valence-corrected chi connectivity index (χ2v) is 6.38. The molecule has 0 saturated heterocycles. The second-order valence-electron chi connectivity index (χ2n) is 6.38. The van der Waals surface area contributed by atoms with Gasteiger partial charge in [-0.3, -0.25) is 4.90 Å². The Bertz CT molecular complexity index is 951. The summed E-state index contributed by atoms with van der Waals surface area (Å²) in [4.78, 5) is 11.3. The van der Waals surface area contributed by atoms with Gasteiger partial charge in [0.2, 0.25) is 0 Å². The zero-order valence-electron chi connectivity index (χ0n) is 14.2. The predicted octanol–water partition coefficient (Wildman–Crippen LogP) is 3.01. The standard InChI is InChI=1S/C20H19N5/c1-15-22-12-17-13-24(9-7-20(17)23-15)14-19-6-3-8-25(19)18-5-2-4-16(10-18)11-21/h2-6,8,10,12H,7,9,13-14H2,1H3. The van der Waals surface area contributed by atoms with E-state index in [0.29, 0.717) is 5.56 Å². The summed E-state index contributed by atoms with van der Waals surface area (Å²) in [5.41, 5.74) is 5.32. The minimum atomic E-state index is 0.677. The quantitative estimate of drug-likeness (QED) is 0.741. The van der Waals surface area contributed by atoms with Gasteiger partial charge in [-0.05, 0) is 37.3 Å². The van der Waals surface area contributed by atoms with E-state index in [1.165, 1.54) is 17.0 Å². The van der Waals surface area contributed by atoms with Crippen LogP contribution in [0.3, 0.4) is 0 Å². The van der Waals surface area contributed by atoms with Crippen molar-refractivity contribution in [3.63, 3.8) is 0 Å². The molecule has 5 heteroatoms. The molecule has 0 atom stereocenters. The number of aryl methyl sites for hydroxylation is 1. The third kappa shape index (κ3) is 3.17. The minimum absolute atomic E-state index is 0.677. The van der Waals surface area contributed by atoms with Crippen LogP contribution in [0.15, 0.2) is 48.8 Å². The maximum absolute atomic E-state index is 9.12. The van der Waals surface area contributed by atoms with Gasteiger partial charge in [-0.1, -0.05) is 6.07 Å². The van der Waals surface area contributed by atoms with Gasteiger partial charge >= 0.3 is 0 Å². The Hall–Kier alpha value is -2.97. The lowest BCUT2D eigenvalue weighted by Crippen LogP contribution is -2.31. The maximum atomic E-state index is 9.12. The lowest BCUT2D eigenvalue weighted by Gasteiger charge is -2.28. The third-order valence-corrected chi connectivity index (χ3v) is 4.61. The fourth-order valence-corrected chi connectivity index (χ4v) is 3.36. The Balaban J connectivity index is 1.56. The molecule has 0 radical (unpaired) electrons. The van der Waals surface area contributed by atoms with E-state index in [-0.39, 0.29) is 0 Å². The molecule has 0 aliphatic carbocycles. The van der Waals surface area contributed by atoms with Crippen LogP contribution < -0.4 is 0 Å². The molecule has 0 spiro atoms. The molecule has 25 heavy (non-hydrogen) atoms. The molecule has 3 heterocycles. The molecule has 0 bridgehead atoms. The van der Waals surface area contributed by atoms with Crippen molar-refractivity contribution in [2.24, 2.45) is 0 Å². The van der Waals surface area contributed by atoms with Gasteiger partial charge in [0, 0.05) is 61.1 Å². The summed E-state index contributed by atoms with van der Waals surface area (Å²) in [7, 11) is 0. The van der Waals surface area contributed by atoms with Crippen LogP contribution >= 0.6 is 0 Å². The Kier molecular flexibility index (Phi) is 4.04. The topological polar surface area (TPSA) is 57.7 Å². The third-order valence-electron chi connectivity index (χ3n) is 4.61. The van der Waals surface area contributed by atoms with Gasteiger partial charge in [0.25, 0.3) is 0 Å². The van der Waals surface area contributed by atoms with Crippen molar-refractivity contribution in [2.75, 3.05) is 6.54 Å². The average Bonchev–Trinajstić information content (AvgIpc) is 3.10. The van der Waals surface area contributed by atoms with Crippen LogP contribution in [0.5, 0.6) is 0 Å². The summed E-state index contributed by atoms with van der Waals surface area (Å²) in [6.45, 7) is 4.66. The van der Waals surface area contributed by atoms with Gasteiger partial charge in [0.05, 0.1) is 11.6 Å². The molecule has 0 N–H and O–H groups in total. The van der Waals surface area contributed by atoms with Crippen molar-refractivity contribution in [1.82, 2.24) is 19.4 Å². The minimum Gasteiger partial charge on any atom is -0.320 e. The van der Waals surface area contributed by atoms with E-state index in [1.807, 2.05) is 37.4 Å². The highest BCUT2D eigenvalue weighted by atomic mass is 15.2.